The fraction of sp³-hybridized carbons (Fsp3) is 0.692. The van der Waals surface area contributed by atoms with E-state index >= 15 is 0 Å². The van der Waals surface area contributed by atoms with Gasteiger partial charge in [-0.3, -0.25) is 9.69 Å². The quantitative estimate of drug-likeness (QED) is 0.767. The Morgan fingerprint density at radius 3 is 3.16 bits per heavy atom. The standard InChI is InChI=1S/C13H23N5O/c1-17-10-15-7-12(17)9-18-6-2-3-11(8-18)13(19)16-5-4-14/h7,10-11H,2-6,8-9,14H2,1H3,(H,16,19). The van der Waals surface area contributed by atoms with Crippen molar-refractivity contribution in [1.82, 2.24) is 19.8 Å². The van der Waals surface area contributed by atoms with E-state index < -0.39 is 0 Å². The van der Waals surface area contributed by atoms with Crippen LogP contribution in [0.4, 0.5) is 0 Å². The van der Waals surface area contributed by atoms with Crippen LogP contribution in [0.25, 0.3) is 0 Å². The van der Waals surface area contributed by atoms with Crippen molar-refractivity contribution in [1.29, 1.82) is 0 Å². The van der Waals surface area contributed by atoms with Crippen LogP contribution in [0.1, 0.15) is 18.5 Å². The lowest BCUT2D eigenvalue weighted by Gasteiger charge is -2.31. The number of amides is 1. The van der Waals surface area contributed by atoms with E-state index in [2.05, 4.69) is 15.2 Å². The molecule has 6 heteroatoms. The lowest BCUT2D eigenvalue weighted by molar-refractivity contribution is -0.126. The summed E-state index contributed by atoms with van der Waals surface area (Å²) in [5, 5.41) is 2.88. The number of aromatic nitrogens is 2. The molecule has 3 N–H and O–H groups in total. The minimum atomic E-state index is 0.0912. The van der Waals surface area contributed by atoms with Crippen LogP contribution in [0, 0.1) is 5.92 Å². The Balaban J connectivity index is 1.86. The first-order valence-electron chi connectivity index (χ1n) is 6.86. The Hall–Kier alpha value is -1.40. The Labute approximate surface area is 114 Å². The van der Waals surface area contributed by atoms with Crippen LogP contribution in [0.2, 0.25) is 0 Å². The molecule has 1 aromatic heterocycles. The number of likely N-dealkylation sites (tertiary alicyclic amines) is 1. The average molecular weight is 265 g/mol. The maximum atomic E-state index is 12.0. The minimum Gasteiger partial charge on any atom is -0.355 e. The van der Waals surface area contributed by atoms with E-state index in [1.807, 2.05) is 24.1 Å². The first-order valence-corrected chi connectivity index (χ1v) is 6.86. The number of carbonyl (C=O) groups is 1. The largest absolute Gasteiger partial charge is 0.355 e. The van der Waals surface area contributed by atoms with Gasteiger partial charge in [-0.05, 0) is 19.4 Å². The van der Waals surface area contributed by atoms with Crippen molar-refractivity contribution in [2.45, 2.75) is 19.4 Å². The van der Waals surface area contributed by atoms with E-state index in [9.17, 15) is 4.79 Å². The molecule has 0 radical (unpaired) electrons. The van der Waals surface area contributed by atoms with Gasteiger partial charge in [0.1, 0.15) is 0 Å². The van der Waals surface area contributed by atoms with Crippen LogP contribution in [0.15, 0.2) is 12.5 Å². The fourth-order valence-corrected chi connectivity index (χ4v) is 2.52. The third kappa shape index (κ3) is 3.78. The van der Waals surface area contributed by atoms with Gasteiger partial charge in [0.15, 0.2) is 0 Å². The molecule has 2 rings (SSSR count). The van der Waals surface area contributed by atoms with E-state index in [1.165, 1.54) is 5.69 Å². The van der Waals surface area contributed by atoms with Gasteiger partial charge >= 0.3 is 0 Å². The number of piperidine rings is 1. The molecule has 1 unspecified atom stereocenters. The second kappa shape index (κ2) is 6.68. The summed E-state index contributed by atoms with van der Waals surface area (Å²) in [7, 11) is 2.00. The molecule has 6 nitrogen and oxygen atoms in total. The van der Waals surface area contributed by atoms with Crippen molar-refractivity contribution in [3.63, 3.8) is 0 Å². The highest BCUT2D eigenvalue weighted by Gasteiger charge is 2.25. The van der Waals surface area contributed by atoms with E-state index in [0.29, 0.717) is 13.1 Å². The second-order valence-corrected chi connectivity index (χ2v) is 5.15. The summed E-state index contributed by atoms with van der Waals surface area (Å²) >= 11 is 0. The van der Waals surface area contributed by atoms with Gasteiger partial charge < -0.3 is 15.6 Å². The third-order valence-electron chi connectivity index (χ3n) is 3.62. The van der Waals surface area contributed by atoms with Gasteiger partial charge in [0.25, 0.3) is 0 Å². The number of rotatable bonds is 5. The number of hydrogen-bond donors (Lipinski definition) is 2. The van der Waals surface area contributed by atoms with Gasteiger partial charge in [0.2, 0.25) is 5.91 Å². The molecule has 106 valence electrons. The number of carbonyl (C=O) groups excluding carboxylic acids is 1. The number of nitrogens with one attached hydrogen (secondary N) is 1. The van der Waals surface area contributed by atoms with Gasteiger partial charge in [-0.2, -0.15) is 0 Å². The number of nitrogens with zero attached hydrogens (tertiary/aromatic N) is 3. The van der Waals surface area contributed by atoms with Gasteiger partial charge in [0, 0.05) is 39.4 Å². The number of hydrogen-bond acceptors (Lipinski definition) is 4. The molecule has 0 aliphatic carbocycles. The molecule has 2 heterocycles. The molecule has 1 saturated heterocycles. The lowest BCUT2D eigenvalue weighted by atomic mass is 9.97. The van der Waals surface area contributed by atoms with Gasteiger partial charge in [-0.25, -0.2) is 4.98 Å². The van der Waals surface area contributed by atoms with Crippen molar-refractivity contribution < 1.29 is 4.79 Å². The van der Waals surface area contributed by atoms with E-state index in [1.54, 1.807) is 0 Å². The van der Waals surface area contributed by atoms with Crippen molar-refractivity contribution in [3.05, 3.63) is 18.2 Å². The topological polar surface area (TPSA) is 76.2 Å². The average Bonchev–Trinajstić information content (AvgIpc) is 2.82. The molecule has 0 spiro atoms. The van der Waals surface area contributed by atoms with Crippen molar-refractivity contribution >= 4 is 5.91 Å². The number of aryl methyl sites for hydroxylation is 1. The predicted molar refractivity (Wildman–Crippen MR) is 73.3 cm³/mol. The molecular weight excluding hydrogens is 242 g/mol. The summed E-state index contributed by atoms with van der Waals surface area (Å²) in [5.74, 6) is 0.230. The molecule has 0 aromatic carbocycles. The monoisotopic (exact) mass is 265 g/mol. The van der Waals surface area contributed by atoms with Crippen LogP contribution in [-0.4, -0.2) is 46.5 Å². The summed E-state index contributed by atoms with van der Waals surface area (Å²) in [6, 6.07) is 0. The normalized spacial score (nSPS) is 20.4. The first-order chi connectivity index (χ1) is 9.20. The molecule has 1 fully saturated rings. The molecule has 1 aliphatic heterocycles. The van der Waals surface area contributed by atoms with E-state index in [0.717, 1.165) is 32.5 Å². The molecule has 1 aromatic rings. The second-order valence-electron chi connectivity index (χ2n) is 5.15. The minimum absolute atomic E-state index is 0.0912. The summed E-state index contributed by atoms with van der Waals surface area (Å²) in [6.45, 7) is 3.79. The molecular formula is C13H23N5O. The first kappa shape index (κ1) is 14.0. The Bertz CT molecular complexity index is 417. The van der Waals surface area contributed by atoms with Crippen molar-refractivity contribution in [2.24, 2.45) is 18.7 Å². The van der Waals surface area contributed by atoms with E-state index in [-0.39, 0.29) is 11.8 Å². The summed E-state index contributed by atoms with van der Waals surface area (Å²) in [6.07, 6.45) is 5.74. The molecule has 19 heavy (non-hydrogen) atoms. The zero-order chi connectivity index (χ0) is 13.7. The fourth-order valence-electron chi connectivity index (χ4n) is 2.52. The Kier molecular flexibility index (Phi) is 4.93. The van der Waals surface area contributed by atoms with Crippen LogP contribution in [-0.2, 0) is 18.4 Å². The van der Waals surface area contributed by atoms with Crippen molar-refractivity contribution in [3.8, 4) is 0 Å². The van der Waals surface area contributed by atoms with Crippen LogP contribution >= 0.6 is 0 Å². The van der Waals surface area contributed by atoms with Crippen LogP contribution in [0.5, 0.6) is 0 Å². The smallest absolute Gasteiger partial charge is 0.224 e. The van der Waals surface area contributed by atoms with Gasteiger partial charge in [-0.1, -0.05) is 0 Å². The molecule has 1 aliphatic rings. The summed E-state index contributed by atoms with van der Waals surface area (Å²) in [4.78, 5) is 18.4. The maximum absolute atomic E-state index is 12.0. The Morgan fingerprint density at radius 2 is 2.47 bits per heavy atom. The summed E-state index contributed by atoms with van der Waals surface area (Å²) < 4.78 is 2.03. The predicted octanol–water partition coefficient (Wildman–Crippen LogP) is -0.293. The Morgan fingerprint density at radius 1 is 1.63 bits per heavy atom. The highest BCUT2D eigenvalue weighted by atomic mass is 16.1. The maximum Gasteiger partial charge on any atom is 0.224 e. The summed E-state index contributed by atoms with van der Waals surface area (Å²) in [5.41, 5.74) is 6.59. The third-order valence-corrected chi connectivity index (χ3v) is 3.62. The highest BCUT2D eigenvalue weighted by molar-refractivity contribution is 5.78. The molecule has 0 bridgehead atoms. The zero-order valence-electron chi connectivity index (χ0n) is 11.5. The number of imidazole rings is 1. The van der Waals surface area contributed by atoms with Gasteiger partial charge in [0.05, 0.1) is 17.9 Å². The van der Waals surface area contributed by atoms with Crippen molar-refractivity contribution in [2.75, 3.05) is 26.2 Å². The SMILES string of the molecule is Cn1cncc1CN1CCCC(C(=O)NCCN)C1. The molecule has 1 atom stereocenters. The van der Waals surface area contributed by atoms with E-state index in [4.69, 9.17) is 5.73 Å². The highest BCUT2D eigenvalue weighted by Crippen LogP contribution is 2.18. The molecule has 0 saturated carbocycles. The molecule has 1 amide bonds. The number of nitrogens with two attached hydrogens (primary N) is 1. The van der Waals surface area contributed by atoms with Gasteiger partial charge in [-0.15, -0.1) is 0 Å². The van der Waals surface area contributed by atoms with Crippen LogP contribution < -0.4 is 11.1 Å². The van der Waals surface area contributed by atoms with Crippen LogP contribution in [0.3, 0.4) is 0 Å². The zero-order valence-corrected chi connectivity index (χ0v) is 11.5. The lowest BCUT2D eigenvalue weighted by Crippen LogP contribution is -2.43.